The molecule has 0 unspecified atom stereocenters. The van der Waals surface area contributed by atoms with Crippen LogP contribution in [-0.4, -0.2) is 36.1 Å². The molecule has 2 rings (SSSR count). The highest BCUT2D eigenvalue weighted by atomic mass is 16.5. The van der Waals surface area contributed by atoms with Crippen LogP contribution in [0.25, 0.3) is 0 Å². The van der Waals surface area contributed by atoms with E-state index in [-0.39, 0.29) is 17.6 Å². The molecular weight excluding hydrogens is 296 g/mol. The highest BCUT2D eigenvalue weighted by molar-refractivity contribution is 6.03. The van der Waals surface area contributed by atoms with Crippen LogP contribution < -0.4 is 20.1 Å². The summed E-state index contributed by atoms with van der Waals surface area (Å²) in [4.78, 5) is 20.5. The highest BCUT2D eigenvalue weighted by Gasteiger charge is 2.12. The van der Waals surface area contributed by atoms with Crippen LogP contribution in [0.1, 0.15) is 24.3 Å². The minimum atomic E-state index is -0.364. The fraction of sp³-hybridized carbons (Fsp3) is 0.312. The molecule has 23 heavy (non-hydrogen) atoms. The standard InChI is InChI=1S/C16H20N4O3/c1-10(2)19-15-9-17-13(8-18-15)16(21)20-12-6-5-11(22-3)7-14(12)23-4/h5-10H,1-4H3,(H,18,19)(H,20,21). The van der Waals surface area contributed by atoms with Gasteiger partial charge in [-0.3, -0.25) is 4.79 Å². The van der Waals surface area contributed by atoms with Gasteiger partial charge in [0.25, 0.3) is 5.91 Å². The number of anilines is 2. The monoisotopic (exact) mass is 316 g/mol. The molecule has 0 saturated heterocycles. The Morgan fingerprint density at radius 3 is 2.48 bits per heavy atom. The number of amides is 1. The van der Waals surface area contributed by atoms with Crippen LogP contribution in [0.2, 0.25) is 0 Å². The summed E-state index contributed by atoms with van der Waals surface area (Å²) in [6, 6.07) is 5.38. The van der Waals surface area contributed by atoms with Crippen LogP contribution in [0, 0.1) is 0 Å². The van der Waals surface area contributed by atoms with Gasteiger partial charge in [0.15, 0.2) is 0 Å². The summed E-state index contributed by atoms with van der Waals surface area (Å²) in [6.45, 7) is 4.00. The van der Waals surface area contributed by atoms with E-state index in [0.717, 1.165) is 0 Å². The Bertz CT molecular complexity index is 672. The molecule has 0 aliphatic rings. The van der Waals surface area contributed by atoms with Crippen molar-refractivity contribution in [1.82, 2.24) is 9.97 Å². The lowest BCUT2D eigenvalue weighted by Gasteiger charge is -2.12. The number of rotatable bonds is 6. The first-order valence-electron chi connectivity index (χ1n) is 7.15. The molecule has 2 N–H and O–H groups in total. The van der Waals surface area contributed by atoms with Crippen LogP contribution in [0.3, 0.4) is 0 Å². The summed E-state index contributed by atoms with van der Waals surface area (Å²) >= 11 is 0. The zero-order valence-corrected chi connectivity index (χ0v) is 13.6. The molecule has 2 aromatic rings. The second-order valence-corrected chi connectivity index (χ2v) is 5.11. The van der Waals surface area contributed by atoms with Crippen molar-refractivity contribution in [3.63, 3.8) is 0 Å². The van der Waals surface area contributed by atoms with Crippen LogP contribution >= 0.6 is 0 Å². The zero-order valence-electron chi connectivity index (χ0n) is 13.6. The second-order valence-electron chi connectivity index (χ2n) is 5.11. The van der Waals surface area contributed by atoms with Crippen molar-refractivity contribution in [2.24, 2.45) is 0 Å². The number of benzene rings is 1. The molecule has 7 heteroatoms. The van der Waals surface area contributed by atoms with E-state index < -0.39 is 0 Å². The van der Waals surface area contributed by atoms with E-state index in [2.05, 4.69) is 20.6 Å². The number of carbonyl (C=O) groups excluding carboxylic acids is 1. The highest BCUT2D eigenvalue weighted by Crippen LogP contribution is 2.29. The van der Waals surface area contributed by atoms with Crippen molar-refractivity contribution >= 4 is 17.4 Å². The lowest BCUT2D eigenvalue weighted by atomic mass is 10.2. The van der Waals surface area contributed by atoms with E-state index in [0.29, 0.717) is 23.0 Å². The maximum atomic E-state index is 12.2. The molecule has 0 atom stereocenters. The summed E-state index contributed by atoms with van der Waals surface area (Å²) in [7, 11) is 3.09. The Kier molecular flexibility index (Phi) is 5.35. The molecule has 1 amide bonds. The summed E-state index contributed by atoms with van der Waals surface area (Å²) < 4.78 is 10.4. The van der Waals surface area contributed by atoms with Gasteiger partial charge in [-0.1, -0.05) is 0 Å². The number of carbonyl (C=O) groups is 1. The molecule has 0 radical (unpaired) electrons. The summed E-state index contributed by atoms with van der Waals surface area (Å²) in [5.74, 6) is 1.41. The Morgan fingerprint density at radius 1 is 1.13 bits per heavy atom. The normalized spacial score (nSPS) is 10.3. The van der Waals surface area contributed by atoms with E-state index in [1.165, 1.54) is 19.5 Å². The minimum Gasteiger partial charge on any atom is -0.497 e. The third kappa shape index (κ3) is 4.32. The third-order valence-corrected chi connectivity index (χ3v) is 2.98. The Hall–Kier alpha value is -2.83. The van der Waals surface area contributed by atoms with Crippen LogP contribution in [0.15, 0.2) is 30.6 Å². The van der Waals surface area contributed by atoms with E-state index >= 15 is 0 Å². The number of methoxy groups -OCH3 is 2. The molecule has 122 valence electrons. The van der Waals surface area contributed by atoms with Crippen molar-refractivity contribution in [2.45, 2.75) is 19.9 Å². The predicted octanol–water partition coefficient (Wildman–Crippen LogP) is 2.57. The molecule has 0 saturated carbocycles. The molecular formula is C16H20N4O3. The van der Waals surface area contributed by atoms with Crippen molar-refractivity contribution in [3.8, 4) is 11.5 Å². The molecule has 1 aromatic carbocycles. The number of aromatic nitrogens is 2. The van der Waals surface area contributed by atoms with Crippen molar-refractivity contribution in [3.05, 3.63) is 36.3 Å². The first kappa shape index (κ1) is 16.5. The van der Waals surface area contributed by atoms with Gasteiger partial charge in [-0.25, -0.2) is 9.97 Å². The van der Waals surface area contributed by atoms with Crippen molar-refractivity contribution < 1.29 is 14.3 Å². The third-order valence-electron chi connectivity index (χ3n) is 2.98. The first-order valence-corrected chi connectivity index (χ1v) is 7.15. The molecule has 0 aliphatic carbocycles. The number of hydrogen-bond acceptors (Lipinski definition) is 6. The number of nitrogens with one attached hydrogen (secondary N) is 2. The van der Waals surface area contributed by atoms with Crippen molar-refractivity contribution in [2.75, 3.05) is 24.9 Å². The maximum absolute atomic E-state index is 12.2. The van der Waals surface area contributed by atoms with Crippen LogP contribution in [0.4, 0.5) is 11.5 Å². The zero-order chi connectivity index (χ0) is 16.8. The average Bonchev–Trinajstić information content (AvgIpc) is 2.55. The maximum Gasteiger partial charge on any atom is 0.275 e. The van der Waals surface area contributed by atoms with Gasteiger partial charge in [-0.2, -0.15) is 0 Å². The molecule has 1 heterocycles. The molecule has 0 bridgehead atoms. The quantitative estimate of drug-likeness (QED) is 0.852. The van der Waals surface area contributed by atoms with Crippen molar-refractivity contribution in [1.29, 1.82) is 0 Å². The van der Waals surface area contributed by atoms with Gasteiger partial charge < -0.3 is 20.1 Å². The average molecular weight is 316 g/mol. The fourth-order valence-corrected chi connectivity index (χ4v) is 1.90. The van der Waals surface area contributed by atoms with Gasteiger partial charge in [-0.15, -0.1) is 0 Å². The predicted molar refractivity (Wildman–Crippen MR) is 88.3 cm³/mol. The van der Waals surface area contributed by atoms with E-state index in [4.69, 9.17) is 9.47 Å². The molecule has 0 spiro atoms. The smallest absolute Gasteiger partial charge is 0.275 e. The van der Waals surface area contributed by atoms with Gasteiger partial charge in [0.1, 0.15) is 23.0 Å². The molecule has 1 aromatic heterocycles. The SMILES string of the molecule is COc1ccc(NC(=O)c2cnc(NC(C)C)cn2)c(OC)c1. The van der Waals surface area contributed by atoms with Gasteiger partial charge in [0.2, 0.25) is 0 Å². The summed E-state index contributed by atoms with van der Waals surface area (Å²) in [5, 5.41) is 5.86. The van der Waals surface area contributed by atoms with Crippen LogP contribution in [-0.2, 0) is 0 Å². The van der Waals surface area contributed by atoms with Gasteiger partial charge in [0, 0.05) is 12.1 Å². The van der Waals surface area contributed by atoms with Gasteiger partial charge >= 0.3 is 0 Å². The lowest BCUT2D eigenvalue weighted by molar-refractivity contribution is 0.102. The number of ether oxygens (including phenoxy) is 2. The van der Waals surface area contributed by atoms with E-state index in [1.54, 1.807) is 25.3 Å². The topological polar surface area (TPSA) is 85.4 Å². The van der Waals surface area contributed by atoms with Gasteiger partial charge in [0.05, 0.1) is 32.3 Å². The molecule has 0 fully saturated rings. The Labute approximate surface area is 135 Å². The molecule has 7 nitrogen and oxygen atoms in total. The van der Waals surface area contributed by atoms with Gasteiger partial charge in [-0.05, 0) is 26.0 Å². The lowest BCUT2D eigenvalue weighted by Crippen LogP contribution is -2.16. The first-order chi connectivity index (χ1) is 11.0. The summed E-state index contributed by atoms with van der Waals surface area (Å²) in [5.41, 5.74) is 0.752. The number of nitrogens with zero attached hydrogens (tertiary/aromatic N) is 2. The second kappa shape index (κ2) is 7.44. The number of hydrogen-bond donors (Lipinski definition) is 2. The van der Waals surface area contributed by atoms with E-state index in [9.17, 15) is 4.79 Å². The van der Waals surface area contributed by atoms with Crippen LogP contribution in [0.5, 0.6) is 11.5 Å². The Balaban J connectivity index is 2.12. The minimum absolute atomic E-state index is 0.220. The summed E-state index contributed by atoms with van der Waals surface area (Å²) in [6.07, 6.45) is 2.95. The molecule has 0 aliphatic heterocycles. The van der Waals surface area contributed by atoms with E-state index in [1.807, 2.05) is 13.8 Å². The fourth-order valence-electron chi connectivity index (χ4n) is 1.90. The largest absolute Gasteiger partial charge is 0.497 e. The Morgan fingerprint density at radius 2 is 1.91 bits per heavy atom.